The molecule has 0 saturated heterocycles. The van der Waals surface area contributed by atoms with Gasteiger partial charge in [0.25, 0.3) is 0 Å². The predicted octanol–water partition coefficient (Wildman–Crippen LogP) is 2.78. The number of nitrogens with two attached hydrogens (primary N) is 1. The maximum atomic E-state index is 5.87. The van der Waals surface area contributed by atoms with E-state index in [9.17, 15) is 0 Å². The fraction of sp³-hybridized carbons (Fsp3) is 0.333. The van der Waals surface area contributed by atoms with Crippen molar-refractivity contribution in [1.29, 1.82) is 0 Å². The lowest BCUT2D eigenvalue weighted by Crippen LogP contribution is -2.22. The molecule has 106 valence electrons. The monoisotopic (exact) mass is 272 g/mol. The molecule has 1 aromatic carbocycles. The summed E-state index contributed by atoms with van der Waals surface area (Å²) in [6, 6.07) is 6.16. The number of rotatable bonds is 4. The quantitative estimate of drug-likeness (QED) is 0.663. The first-order valence-corrected chi connectivity index (χ1v) is 6.65. The van der Waals surface area contributed by atoms with Gasteiger partial charge in [-0.25, -0.2) is 9.98 Å². The zero-order valence-corrected chi connectivity index (χ0v) is 12.1. The van der Waals surface area contributed by atoms with Gasteiger partial charge < -0.3 is 15.5 Å². The number of nitrogens with zero attached hydrogens (tertiary/aromatic N) is 2. The van der Waals surface area contributed by atoms with E-state index in [0.29, 0.717) is 18.3 Å². The fourth-order valence-electron chi connectivity index (χ4n) is 1.98. The number of benzene rings is 1. The number of oxazole rings is 1. The zero-order chi connectivity index (χ0) is 14.5. The third kappa shape index (κ3) is 3.85. The van der Waals surface area contributed by atoms with Crippen LogP contribution in [0.3, 0.4) is 0 Å². The van der Waals surface area contributed by atoms with Crippen LogP contribution in [-0.4, -0.2) is 10.9 Å². The topological polar surface area (TPSA) is 76.4 Å². The van der Waals surface area contributed by atoms with Crippen LogP contribution < -0.4 is 11.1 Å². The highest BCUT2D eigenvalue weighted by atomic mass is 16.4. The summed E-state index contributed by atoms with van der Waals surface area (Å²) in [6.45, 7) is 6.48. The Balaban J connectivity index is 1.99. The lowest BCUT2D eigenvalue weighted by atomic mass is 10.1. The molecule has 0 radical (unpaired) electrons. The van der Waals surface area contributed by atoms with Crippen LogP contribution in [0.1, 0.15) is 29.7 Å². The predicted molar refractivity (Wildman–Crippen MR) is 80.7 cm³/mol. The summed E-state index contributed by atoms with van der Waals surface area (Å²) in [5.74, 6) is 1.80. The minimum atomic E-state index is 0.365. The molecule has 3 N–H and O–H groups in total. The molecule has 1 heterocycles. The van der Waals surface area contributed by atoms with E-state index in [2.05, 4.69) is 21.4 Å². The Labute approximate surface area is 118 Å². The van der Waals surface area contributed by atoms with Crippen LogP contribution in [0.4, 0.5) is 5.69 Å². The Morgan fingerprint density at radius 2 is 2.00 bits per heavy atom. The average Bonchev–Trinajstić information content (AvgIpc) is 2.83. The van der Waals surface area contributed by atoms with E-state index in [1.807, 2.05) is 32.9 Å². The lowest BCUT2D eigenvalue weighted by Gasteiger charge is -2.07. The maximum Gasteiger partial charge on any atom is 0.194 e. The van der Waals surface area contributed by atoms with Crippen molar-refractivity contribution in [2.45, 2.75) is 33.7 Å². The number of guanidine groups is 1. The van der Waals surface area contributed by atoms with E-state index in [-0.39, 0.29) is 0 Å². The maximum absolute atomic E-state index is 5.87. The number of aryl methyl sites for hydroxylation is 3. The zero-order valence-electron chi connectivity index (χ0n) is 12.1. The molecule has 20 heavy (non-hydrogen) atoms. The van der Waals surface area contributed by atoms with Gasteiger partial charge in [-0.15, -0.1) is 0 Å². The van der Waals surface area contributed by atoms with E-state index in [0.717, 1.165) is 18.0 Å². The summed E-state index contributed by atoms with van der Waals surface area (Å²) < 4.78 is 5.47. The molecule has 2 aromatic rings. The molecule has 0 spiro atoms. The molecule has 0 bridgehead atoms. The van der Waals surface area contributed by atoms with Gasteiger partial charge in [0.15, 0.2) is 11.9 Å². The van der Waals surface area contributed by atoms with Crippen molar-refractivity contribution in [2.24, 2.45) is 10.7 Å². The van der Waals surface area contributed by atoms with Gasteiger partial charge in [-0.2, -0.15) is 0 Å². The summed E-state index contributed by atoms with van der Waals surface area (Å²) in [7, 11) is 0. The molecule has 0 saturated carbocycles. The summed E-state index contributed by atoms with van der Waals surface area (Å²) in [4.78, 5) is 8.37. The van der Waals surface area contributed by atoms with Gasteiger partial charge in [-0.3, -0.25) is 0 Å². The van der Waals surface area contributed by atoms with Gasteiger partial charge in [0.1, 0.15) is 12.3 Å². The molecule has 0 atom stereocenters. The number of hydrogen-bond donors (Lipinski definition) is 2. The van der Waals surface area contributed by atoms with E-state index < -0.39 is 0 Å². The lowest BCUT2D eigenvalue weighted by molar-refractivity contribution is 0.462. The summed E-state index contributed by atoms with van der Waals surface area (Å²) in [6.07, 6.45) is 2.46. The SMILES string of the molecule is CCc1ncc(CN=C(N)Nc2cc(C)cc(C)c2)o1. The van der Waals surface area contributed by atoms with Crippen molar-refractivity contribution in [3.8, 4) is 0 Å². The second-order valence-electron chi connectivity index (χ2n) is 4.78. The average molecular weight is 272 g/mol. The van der Waals surface area contributed by atoms with Crippen molar-refractivity contribution in [3.63, 3.8) is 0 Å². The van der Waals surface area contributed by atoms with Crippen LogP contribution in [-0.2, 0) is 13.0 Å². The number of anilines is 1. The van der Waals surface area contributed by atoms with E-state index in [4.69, 9.17) is 10.2 Å². The van der Waals surface area contributed by atoms with Crippen LogP contribution in [0.25, 0.3) is 0 Å². The Kier molecular flexibility index (Phi) is 4.40. The number of nitrogens with one attached hydrogen (secondary N) is 1. The third-order valence-electron chi connectivity index (χ3n) is 2.80. The van der Waals surface area contributed by atoms with Gasteiger partial charge in [0.05, 0.1) is 6.20 Å². The number of hydrogen-bond acceptors (Lipinski definition) is 3. The van der Waals surface area contributed by atoms with Crippen molar-refractivity contribution in [2.75, 3.05) is 5.32 Å². The minimum absolute atomic E-state index is 0.365. The molecule has 0 amide bonds. The van der Waals surface area contributed by atoms with E-state index in [1.54, 1.807) is 6.20 Å². The van der Waals surface area contributed by atoms with Crippen molar-refractivity contribution < 1.29 is 4.42 Å². The van der Waals surface area contributed by atoms with E-state index in [1.165, 1.54) is 11.1 Å². The Hall–Kier alpha value is -2.30. The molecule has 1 aromatic heterocycles. The Bertz CT molecular complexity index is 596. The van der Waals surface area contributed by atoms with Crippen molar-refractivity contribution in [3.05, 3.63) is 47.2 Å². The van der Waals surface area contributed by atoms with Crippen LogP contribution in [0, 0.1) is 13.8 Å². The van der Waals surface area contributed by atoms with Gasteiger partial charge in [0, 0.05) is 12.1 Å². The first kappa shape index (κ1) is 14.1. The van der Waals surface area contributed by atoms with Gasteiger partial charge >= 0.3 is 0 Å². The summed E-state index contributed by atoms with van der Waals surface area (Å²) in [5, 5.41) is 3.08. The molecule has 2 rings (SSSR count). The first-order chi connectivity index (χ1) is 9.56. The van der Waals surface area contributed by atoms with Crippen LogP contribution in [0.15, 0.2) is 33.8 Å². The molecule has 0 aliphatic rings. The Morgan fingerprint density at radius 1 is 1.30 bits per heavy atom. The highest BCUT2D eigenvalue weighted by Gasteiger charge is 2.02. The molecule has 0 unspecified atom stereocenters. The fourth-order valence-corrected chi connectivity index (χ4v) is 1.98. The summed E-state index contributed by atoms with van der Waals surface area (Å²) >= 11 is 0. The standard InChI is InChI=1S/C15H20N4O/c1-4-14-17-8-13(20-14)9-18-15(16)19-12-6-10(2)5-11(3)7-12/h5-8H,4,9H2,1-3H3,(H3,16,18,19). The molecule has 0 fully saturated rings. The normalized spacial score (nSPS) is 11.7. The van der Waals surface area contributed by atoms with Crippen LogP contribution in [0.5, 0.6) is 0 Å². The van der Waals surface area contributed by atoms with E-state index >= 15 is 0 Å². The second kappa shape index (κ2) is 6.23. The highest BCUT2D eigenvalue weighted by Crippen LogP contribution is 2.13. The van der Waals surface area contributed by atoms with Gasteiger partial charge in [-0.1, -0.05) is 13.0 Å². The first-order valence-electron chi connectivity index (χ1n) is 6.65. The highest BCUT2D eigenvalue weighted by molar-refractivity contribution is 5.92. The number of aliphatic imine (C=N–C) groups is 1. The molecule has 5 nitrogen and oxygen atoms in total. The van der Waals surface area contributed by atoms with Gasteiger partial charge in [0.2, 0.25) is 0 Å². The summed E-state index contributed by atoms with van der Waals surface area (Å²) in [5.41, 5.74) is 9.18. The largest absolute Gasteiger partial charge is 0.444 e. The molecular weight excluding hydrogens is 252 g/mol. The molecule has 0 aliphatic heterocycles. The third-order valence-corrected chi connectivity index (χ3v) is 2.80. The molecule has 5 heteroatoms. The number of aromatic nitrogens is 1. The minimum Gasteiger partial charge on any atom is -0.444 e. The second-order valence-corrected chi connectivity index (χ2v) is 4.78. The molecular formula is C15H20N4O. The van der Waals surface area contributed by atoms with Crippen molar-refractivity contribution in [1.82, 2.24) is 4.98 Å². The van der Waals surface area contributed by atoms with Crippen LogP contribution >= 0.6 is 0 Å². The van der Waals surface area contributed by atoms with Gasteiger partial charge in [-0.05, 0) is 37.1 Å². The van der Waals surface area contributed by atoms with Crippen LogP contribution in [0.2, 0.25) is 0 Å². The smallest absolute Gasteiger partial charge is 0.194 e. The molecule has 0 aliphatic carbocycles. The Morgan fingerprint density at radius 3 is 2.60 bits per heavy atom. The van der Waals surface area contributed by atoms with Crippen molar-refractivity contribution >= 4 is 11.6 Å².